The Morgan fingerprint density at radius 3 is 1.61 bits per heavy atom. The molecule has 0 radical (unpaired) electrons. The first kappa shape index (κ1) is 20.8. The molecule has 1 N–H and O–H groups in total. The monoisotopic (exact) mass is 428 g/mol. The summed E-state index contributed by atoms with van der Waals surface area (Å²) >= 11 is 0. The second-order valence-corrected chi connectivity index (χ2v) is 11.5. The van der Waals surface area contributed by atoms with Crippen molar-refractivity contribution >= 4 is 29.1 Å². The number of carbonyl (C=O) groups excluding carboxylic acids is 1. The third-order valence-electron chi connectivity index (χ3n) is 5.57. The van der Waals surface area contributed by atoms with E-state index < -0.39 is 7.26 Å². The number of benzene rings is 4. The fraction of sp³-hybridized carbons (Fsp3) is 0.0741. The van der Waals surface area contributed by atoms with Crippen LogP contribution in [0.3, 0.4) is 0 Å². The number of rotatable bonds is 6. The first-order valence-corrected chi connectivity index (χ1v) is 12.5. The van der Waals surface area contributed by atoms with Crippen LogP contribution in [-0.4, -0.2) is 11.1 Å². The Hall–Kier alpha value is -3.42. The number of esters is 1. The number of aromatic hydroxyl groups is 1. The molecule has 4 rings (SSSR count). The molecule has 156 valence electrons. The van der Waals surface area contributed by atoms with Crippen LogP contribution in [0.1, 0.15) is 12.5 Å². The molecule has 0 bridgehead atoms. The summed E-state index contributed by atoms with van der Waals surface area (Å²) in [6, 6.07) is 36.6. The van der Waals surface area contributed by atoms with E-state index in [0.29, 0.717) is 11.9 Å². The van der Waals surface area contributed by atoms with Gasteiger partial charge in [-0.3, -0.25) is 0 Å². The van der Waals surface area contributed by atoms with Crippen LogP contribution in [0, 0.1) is 0 Å². The van der Waals surface area contributed by atoms with Crippen LogP contribution in [0.15, 0.2) is 109 Å². The van der Waals surface area contributed by atoms with Gasteiger partial charge >= 0.3 is 183 Å². The molecule has 0 amide bonds. The van der Waals surface area contributed by atoms with Crippen LogP contribution in [0.4, 0.5) is 0 Å². The van der Waals surface area contributed by atoms with E-state index in [0.717, 1.165) is 5.56 Å². The summed E-state index contributed by atoms with van der Waals surface area (Å²) in [6.07, 6.45) is 0.631. The van der Waals surface area contributed by atoms with Crippen molar-refractivity contribution in [1.29, 1.82) is 0 Å². The Bertz CT molecular complexity index is 1060. The molecule has 0 unspecified atom stereocenters. The molecule has 0 aliphatic carbocycles. The summed E-state index contributed by atoms with van der Waals surface area (Å²) in [4.78, 5) is 11.5. The van der Waals surface area contributed by atoms with Crippen LogP contribution >= 0.6 is 7.26 Å². The van der Waals surface area contributed by atoms with Crippen LogP contribution in [0.2, 0.25) is 0 Å². The zero-order valence-corrected chi connectivity index (χ0v) is 18.4. The van der Waals surface area contributed by atoms with Gasteiger partial charge in [0.2, 0.25) is 0 Å². The van der Waals surface area contributed by atoms with E-state index in [2.05, 4.69) is 72.8 Å². The fourth-order valence-corrected chi connectivity index (χ4v) is 8.94. The minimum absolute atomic E-state index is 0.204. The number of hydrogen-bond donors (Lipinski definition) is 1. The predicted octanol–water partition coefficient (Wildman–Crippen LogP) is 4.54. The SMILES string of the molecule is CC(=O)Oc1ccc(O)c(C[PH](c2ccccc2)(c2ccccc2)c2ccccc2)c1. The molecular weight excluding hydrogens is 403 g/mol. The van der Waals surface area contributed by atoms with Gasteiger partial charge in [-0.1, -0.05) is 0 Å². The second-order valence-electron chi connectivity index (χ2n) is 7.56. The van der Waals surface area contributed by atoms with Crippen molar-refractivity contribution in [3.63, 3.8) is 0 Å². The maximum absolute atomic E-state index is 11.5. The normalized spacial score (nSPS) is 11.6. The summed E-state index contributed by atoms with van der Waals surface area (Å²) in [5.74, 6) is 0.266. The standard InChI is InChI=1S/C27H25O3P/c1-21(28)30-23-17-18-27(29)22(19-23)20-31(24-11-5-2-6-12-24,25-13-7-3-8-14-25)26-15-9-4-10-16-26/h2-19,29,31H,20H2,1H3. The summed E-state index contributed by atoms with van der Waals surface area (Å²) in [7, 11) is -2.56. The first-order valence-electron chi connectivity index (χ1n) is 10.3. The Morgan fingerprint density at radius 2 is 1.19 bits per heavy atom. The second kappa shape index (κ2) is 9.16. The van der Waals surface area contributed by atoms with E-state index in [4.69, 9.17) is 4.74 Å². The van der Waals surface area contributed by atoms with Gasteiger partial charge in [0, 0.05) is 0 Å². The van der Waals surface area contributed by atoms with Crippen LogP contribution in [0.5, 0.6) is 11.5 Å². The van der Waals surface area contributed by atoms with Gasteiger partial charge in [-0.05, 0) is 0 Å². The van der Waals surface area contributed by atoms with Crippen molar-refractivity contribution in [3.8, 4) is 11.5 Å². The summed E-state index contributed by atoms with van der Waals surface area (Å²) in [5.41, 5.74) is 0.766. The molecule has 0 heterocycles. The van der Waals surface area contributed by atoms with Crippen molar-refractivity contribution < 1.29 is 14.6 Å². The molecule has 31 heavy (non-hydrogen) atoms. The van der Waals surface area contributed by atoms with E-state index in [-0.39, 0.29) is 11.7 Å². The fourth-order valence-electron chi connectivity index (χ4n) is 4.19. The first-order chi connectivity index (χ1) is 15.1. The zero-order chi connectivity index (χ0) is 21.7. The van der Waals surface area contributed by atoms with Gasteiger partial charge in [-0.2, -0.15) is 0 Å². The van der Waals surface area contributed by atoms with E-state index in [9.17, 15) is 9.90 Å². The molecule has 0 aromatic heterocycles. The van der Waals surface area contributed by atoms with Crippen molar-refractivity contribution in [3.05, 3.63) is 115 Å². The molecule has 3 nitrogen and oxygen atoms in total. The van der Waals surface area contributed by atoms with Gasteiger partial charge < -0.3 is 0 Å². The number of carbonyl (C=O) groups is 1. The molecule has 0 saturated heterocycles. The van der Waals surface area contributed by atoms with Crippen LogP contribution in [-0.2, 0) is 11.0 Å². The third kappa shape index (κ3) is 4.38. The summed E-state index contributed by atoms with van der Waals surface area (Å²) in [5, 5.41) is 14.5. The van der Waals surface area contributed by atoms with Gasteiger partial charge in [0.15, 0.2) is 0 Å². The number of phenolic OH excluding ortho intramolecular Hbond substituents is 1. The van der Waals surface area contributed by atoms with Gasteiger partial charge in [-0.25, -0.2) is 0 Å². The number of hydrogen-bond acceptors (Lipinski definition) is 3. The third-order valence-corrected chi connectivity index (χ3v) is 10.4. The van der Waals surface area contributed by atoms with Gasteiger partial charge in [-0.15, -0.1) is 0 Å². The van der Waals surface area contributed by atoms with Gasteiger partial charge in [0.05, 0.1) is 0 Å². The van der Waals surface area contributed by atoms with Crippen molar-refractivity contribution in [2.45, 2.75) is 13.1 Å². The molecule has 0 saturated carbocycles. The van der Waals surface area contributed by atoms with Crippen molar-refractivity contribution in [2.75, 3.05) is 0 Å². The Morgan fingerprint density at radius 1 is 0.742 bits per heavy atom. The summed E-state index contributed by atoms with van der Waals surface area (Å²) in [6.45, 7) is 1.38. The maximum atomic E-state index is 11.5. The zero-order valence-electron chi connectivity index (χ0n) is 17.4. The van der Waals surface area contributed by atoms with Crippen molar-refractivity contribution in [2.24, 2.45) is 0 Å². The van der Waals surface area contributed by atoms with Crippen LogP contribution < -0.4 is 20.7 Å². The average Bonchev–Trinajstić information content (AvgIpc) is 2.81. The van der Waals surface area contributed by atoms with E-state index in [1.54, 1.807) is 18.2 Å². The van der Waals surface area contributed by atoms with E-state index >= 15 is 0 Å². The molecule has 0 spiro atoms. The molecule has 0 atom stereocenters. The Labute approximate surface area is 183 Å². The average molecular weight is 428 g/mol. The van der Waals surface area contributed by atoms with Crippen LogP contribution in [0.25, 0.3) is 0 Å². The summed E-state index contributed by atoms with van der Waals surface area (Å²) < 4.78 is 5.31. The quantitative estimate of drug-likeness (QED) is 0.279. The van der Waals surface area contributed by atoms with Gasteiger partial charge in [0.1, 0.15) is 0 Å². The molecule has 4 aromatic carbocycles. The molecule has 0 aliphatic rings. The molecular formula is C27H25O3P. The Kier molecular flexibility index (Phi) is 6.16. The van der Waals surface area contributed by atoms with Gasteiger partial charge in [0.25, 0.3) is 0 Å². The molecule has 0 aliphatic heterocycles. The Balaban J connectivity index is 1.96. The molecule has 0 fully saturated rings. The minimum atomic E-state index is -2.56. The van der Waals surface area contributed by atoms with E-state index in [1.165, 1.54) is 22.8 Å². The molecule has 4 aromatic rings. The number of ether oxygens (including phenoxy) is 1. The van der Waals surface area contributed by atoms with Crippen molar-refractivity contribution in [1.82, 2.24) is 0 Å². The van der Waals surface area contributed by atoms with E-state index in [1.807, 2.05) is 18.2 Å². The number of phenols is 1. The topological polar surface area (TPSA) is 46.5 Å². The molecule has 4 heteroatoms. The predicted molar refractivity (Wildman–Crippen MR) is 130 cm³/mol.